The predicted octanol–water partition coefficient (Wildman–Crippen LogP) is 6.68. The van der Waals surface area contributed by atoms with E-state index in [0.29, 0.717) is 29.3 Å². The van der Waals surface area contributed by atoms with Gasteiger partial charge in [-0.1, -0.05) is 30.3 Å². The van der Waals surface area contributed by atoms with Crippen LogP contribution in [0.1, 0.15) is 29.8 Å². The van der Waals surface area contributed by atoms with Crippen LogP contribution in [0, 0.1) is 0 Å². The van der Waals surface area contributed by atoms with E-state index >= 15 is 0 Å². The van der Waals surface area contributed by atoms with Gasteiger partial charge in [0.15, 0.2) is 0 Å². The van der Waals surface area contributed by atoms with Gasteiger partial charge < -0.3 is 20.7 Å². The van der Waals surface area contributed by atoms with E-state index in [1.165, 1.54) is 23.1 Å². The number of amides is 3. The van der Waals surface area contributed by atoms with E-state index in [2.05, 4.69) is 16.0 Å². The second kappa shape index (κ2) is 14.2. The number of ether oxygens (including phenoxy) is 1. The number of hydrogen-bond acceptors (Lipinski definition) is 6. The summed E-state index contributed by atoms with van der Waals surface area (Å²) in [6, 6.07) is 25.1. The van der Waals surface area contributed by atoms with Gasteiger partial charge in [0, 0.05) is 16.1 Å². The van der Waals surface area contributed by atoms with Crippen LogP contribution in [-0.4, -0.2) is 29.6 Å². The fraction of sp³-hybridized carbons (Fsp3) is 0.129. The number of thioether (sulfide) groups is 1. The monoisotopic (exact) mass is 571 g/mol. The Kier molecular flexibility index (Phi) is 10.1. The summed E-state index contributed by atoms with van der Waals surface area (Å²) in [4.78, 5) is 39.5. The number of thiophene rings is 1. The molecule has 0 aliphatic heterocycles. The van der Waals surface area contributed by atoms with E-state index in [-0.39, 0.29) is 22.8 Å². The number of carbonyl (C=O) groups is 3. The van der Waals surface area contributed by atoms with Crippen molar-refractivity contribution in [1.29, 1.82) is 0 Å². The molecule has 3 aromatic carbocycles. The van der Waals surface area contributed by atoms with E-state index in [4.69, 9.17) is 4.74 Å². The Balaban J connectivity index is 1.39. The van der Waals surface area contributed by atoms with Crippen LogP contribution < -0.4 is 20.7 Å². The summed E-state index contributed by atoms with van der Waals surface area (Å²) in [5, 5.41) is 11.9. The third kappa shape index (κ3) is 8.08. The Labute approximate surface area is 241 Å². The van der Waals surface area contributed by atoms with Crippen LogP contribution in [-0.2, 0) is 9.59 Å². The van der Waals surface area contributed by atoms with E-state index in [9.17, 15) is 14.4 Å². The van der Waals surface area contributed by atoms with Gasteiger partial charge >= 0.3 is 0 Å². The highest BCUT2D eigenvalue weighted by molar-refractivity contribution is 8.00. The fourth-order valence-corrected chi connectivity index (χ4v) is 5.11. The van der Waals surface area contributed by atoms with Crippen molar-refractivity contribution in [3.8, 4) is 5.75 Å². The zero-order chi connectivity index (χ0) is 28.3. The summed E-state index contributed by atoms with van der Waals surface area (Å²) in [6.07, 6.45) is 1.64. The minimum Gasteiger partial charge on any atom is -0.492 e. The van der Waals surface area contributed by atoms with E-state index in [1.54, 1.807) is 48.5 Å². The molecule has 1 heterocycles. The molecule has 3 N–H and O–H groups in total. The highest BCUT2D eigenvalue weighted by Crippen LogP contribution is 2.28. The summed E-state index contributed by atoms with van der Waals surface area (Å²) in [6.45, 7) is 4.23. The summed E-state index contributed by atoms with van der Waals surface area (Å²) in [5.41, 5.74) is 2.58. The lowest BCUT2D eigenvalue weighted by atomic mass is 10.2. The second-order valence-electron chi connectivity index (χ2n) is 8.59. The minimum absolute atomic E-state index is 0.128. The average molecular weight is 572 g/mol. The van der Waals surface area contributed by atoms with Crippen LogP contribution in [0.15, 0.2) is 106 Å². The molecule has 3 amide bonds. The SMILES string of the molecule is CCOc1ccccc1NC(=O)C(C)Sc1ccc(NC(=O)/C(=C/c2ccsc2)NC(=O)c2ccccc2)cc1. The molecular weight excluding hydrogens is 542 g/mol. The molecule has 4 aromatic rings. The molecule has 1 aromatic heterocycles. The topological polar surface area (TPSA) is 96.5 Å². The van der Waals surface area contributed by atoms with Crippen LogP contribution in [0.3, 0.4) is 0 Å². The highest BCUT2D eigenvalue weighted by atomic mass is 32.2. The first-order valence-electron chi connectivity index (χ1n) is 12.6. The second-order valence-corrected chi connectivity index (χ2v) is 10.8. The maximum Gasteiger partial charge on any atom is 0.272 e. The molecule has 9 heteroatoms. The van der Waals surface area contributed by atoms with Gasteiger partial charge in [-0.2, -0.15) is 11.3 Å². The molecule has 0 fully saturated rings. The molecule has 0 bridgehead atoms. The van der Waals surface area contributed by atoms with Crippen molar-refractivity contribution in [1.82, 2.24) is 5.32 Å². The van der Waals surface area contributed by atoms with E-state index in [0.717, 1.165) is 10.5 Å². The first-order valence-corrected chi connectivity index (χ1v) is 14.5. The number of rotatable bonds is 11. The van der Waals surface area contributed by atoms with Gasteiger partial charge in [0.1, 0.15) is 11.4 Å². The third-order valence-electron chi connectivity index (χ3n) is 5.62. The molecule has 1 unspecified atom stereocenters. The van der Waals surface area contributed by atoms with Crippen molar-refractivity contribution in [2.75, 3.05) is 17.2 Å². The number of para-hydroxylation sites is 2. The normalized spacial score (nSPS) is 11.8. The summed E-state index contributed by atoms with van der Waals surface area (Å²) in [5.74, 6) is -0.341. The van der Waals surface area contributed by atoms with Gasteiger partial charge in [-0.05, 0) is 90.8 Å². The lowest BCUT2D eigenvalue weighted by Crippen LogP contribution is -2.30. The van der Waals surface area contributed by atoms with E-state index in [1.807, 2.05) is 67.1 Å². The number of hydrogen-bond donors (Lipinski definition) is 3. The van der Waals surface area contributed by atoms with Gasteiger partial charge in [0.05, 0.1) is 17.5 Å². The van der Waals surface area contributed by atoms with Gasteiger partial charge in [-0.25, -0.2) is 0 Å². The number of anilines is 2. The Bertz CT molecular complexity index is 1470. The number of carbonyl (C=O) groups excluding carboxylic acids is 3. The third-order valence-corrected chi connectivity index (χ3v) is 7.44. The summed E-state index contributed by atoms with van der Waals surface area (Å²) >= 11 is 2.90. The van der Waals surface area contributed by atoms with E-state index < -0.39 is 5.91 Å². The highest BCUT2D eigenvalue weighted by Gasteiger charge is 2.18. The average Bonchev–Trinajstić information content (AvgIpc) is 3.48. The standard InChI is InChI=1S/C31H29N3O4S2/c1-3-38-28-12-8-7-11-26(28)33-29(35)21(2)40-25-15-13-24(14-16-25)32-31(37)27(19-22-17-18-39-20-22)34-30(36)23-9-5-4-6-10-23/h4-21H,3H2,1-2H3,(H,32,37)(H,33,35)(H,34,36)/b27-19-. The molecule has 0 spiro atoms. The first-order chi connectivity index (χ1) is 19.4. The van der Waals surface area contributed by atoms with Crippen molar-refractivity contribution < 1.29 is 19.1 Å². The maximum atomic E-state index is 13.1. The van der Waals surface area contributed by atoms with Crippen molar-refractivity contribution in [2.24, 2.45) is 0 Å². The molecule has 204 valence electrons. The lowest BCUT2D eigenvalue weighted by Gasteiger charge is -2.15. The van der Waals surface area contributed by atoms with Crippen LogP contribution >= 0.6 is 23.1 Å². The Hall–Kier alpha value is -4.34. The van der Waals surface area contributed by atoms with Crippen molar-refractivity contribution in [3.05, 3.63) is 113 Å². The Morgan fingerprint density at radius 3 is 2.35 bits per heavy atom. The largest absolute Gasteiger partial charge is 0.492 e. The number of nitrogens with one attached hydrogen (secondary N) is 3. The number of benzene rings is 3. The zero-order valence-electron chi connectivity index (χ0n) is 22.0. The molecule has 0 saturated carbocycles. The molecule has 0 saturated heterocycles. The fourth-order valence-electron chi connectivity index (χ4n) is 3.62. The molecule has 4 rings (SSSR count). The summed E-state index contributed by atoms with van der Waals surface area (Å²) < 4.78 is 5.59. The van der Waals surface area contributed by atoms with Gasteiger partial charge in [0.2, 0.25) is 5.91 Å². The molecular formula is C31H29N3O4S2. The van der Waals surface area contributed by atoms with Crippen molar-refractivity contribution in [2.45, 2.75) is 24.0 Å². The predicted molar refractivity (Wildman–Crippen MR) is 163 cm³/mol. The summed E-state index contributed by atoms with van der Waals surface area (Å²) in [7, 11) is 0. The van der Waals surface area contributed by atoms with Gasteiger partial charge in [-0.3, -0.25) is 14.4 Å². The van der Waals surface area contributed by atoms with Crippen LogP contribution in [0.25, 0.3) is 6.08 Å². The Morgan fingerprint density at radius 2 is 1.65 bits per heavy atom. The van der Waals surface area contributed by atoms with Gasteiger partial charge in [-0.15, -0.1) is 11.8 Å². The maximum absolute atomic E-state index is 13.1. The van der Waals surface area contributed by atoms with Crippen molar-refractivity contribution >= 4 is 58.3 Å². The molecule has 0 aliphatic carbocycles. The molecule has 40 heavy (non-hydrogen) atoms. The van der Waals surface area contributed by atoms with Crippen LogP contribution in [0.2, 0.25) is 0 Å². The molecule has 1 atom stereocenters. The van der Waals surface area contributed by atoms with Crippen LogP contribution in [0.4, 0.5) is 11.4 Å². The van der Waals surface area contributed by atoms with Crippen molar-refractivity contribution in [3.63, 3.8) is 0 Å². The lowest BCUT2D eigenvalue weighted by molar-refractivity contribution is -0.115. The first kappa shape index (κ1) is 28.7. The minimum atomic E-state index is -0.448. The molecule has 0 radical (unpaired) electrons. The molecule has 0 aliphatic rings. The smallest absolute Gasteiger partial charge is 0.272 e. The quantitative estimate of drug-likeness (QED) is 0.138. The van der Waals surface area contributed by atoms with Crippen LogP contribution in [0.5, 0.6) is 5.75 Å². The molecule has 7 nitrogen and oxygen atoms in total. The zero-order valence-corrected chi connectivity index (χ0v) is 23.7. The van der Waals surface area contributed by atoms with Gasteiger partial charge in [0.25, 0.3) is 11.8 Å². The Morgan fingerprint density at radius 1 is 0.925 bits per heavy atom.